The molecule has 1 unspecified atom stereocenters. The summed E-state index contributed by atoms with van der Waals surface area (Å²) in [5.74, 6) is 0.607. The van der Waals surface area contributed by atoms with Gasteiger partial charge in [0, 0.05) is 7.11 Å². The second kappa shape index (κ2) is 4.78. The molecule has 1 aliphatic rings. The Kier molecular flexibility index (Phi) is 3.14. The predicted octanol–water partition coefficient (Wildman–Crippen LogP) is 2.83. The molecule has 3 nitrogen and oxygen atoms in total. The summed E-state index contributed by atoms with van der Waals surface area (Å²) in [6.07, 6.45) is 2.40. The lowest BCUT2D eigenvalue weighted by Crippen LogP contribution is -2.26. The highest BCUT2D eigenvalue weighted by atomic mass is 32.1. The molecule has 3 rings (SSSR count). The first-order valence-electron chi connectivity index (χ1n) is 6.18. The summed E-state index contributed by atoms with van der Waals surface area (Å²) in [4.78, 5) is 16.6. The summed E-state index contributed by atoms with van der Waals surface area (Å²) in [7, 11) is 1.62. The van der Waals surface area contributed by atoms with Gasteiger partial charge in [0.15, 0.2) is 5.78 Å². The lowest BCUT2D eigenvalue weighted by Gasteiger charge is -2.11. The van der Waals surface area contributed by atoms with E-state index in [-0.39, 0.29) is 11.9 Å². The van der Waals surface area contributed by atoms with Crippen LogP contribution in [0.4, 0.5) is 0 Å². The molecule has 1 heterocycles. The van der Waals surface area contributed by atoms with Crippen LogP contribution in [0.2, 0.25) is 0 Å². The fraction of sp³-hybridized carbons (Fsp3) is 0.429. The van der Waals surface area contributed by atoms with Crippen LogP contribution in [0.25, 0.3) is 10.2 Å². The molecule has 1 fully saturated rings. The minimum Gasteiger partial charge on any atom is -0.373 e. The number of Topliss-reactive ketones (excluding diaryl/α,β-unsaturated/α-hetero) is 1. The minimum atomic E-state index is -0.225. The first-order valence-corrected chi connectivity index (χ1v) is 6.99. The zero-order chi connectivity index (χ0) is 12.5. The SMILES string of the molecule is COC(C(=O)Cc1nc2ccccc2s1)C1CC1. The Hall–Kier alpha value is -1.26. The molecule has 94 valence electrons. The number of benzene rings is 1. The Bertz CT molecular complexity index is 541. The molecule has 18 heavy (non-hydrogen) atoms. The van der Waals surface area contributed by atoms with Crippen LogP contribution < -0.4 is 0 Å². The average Bonchev–Trinajstić information content (AvgIpc) is 3.09. The van der Waals surface area contributed by atoms with Crippen molar-refractivity contribution >= 4 is 27.3 Å². The van der Waals surface area contributed by atoms with Gasteiger partial charge in [0.2, 0.25) is 0 Å². The summed E-state index contributed by atoms with van der Waals surface area (Å²) >= 11 is 1.60. The van der Waals surface area contributed by atoms with Crippen LogP contribution in [0.15, 0.2) is 24.3 Å². The number of carbonyl (C=O) groups is 1. The fourth-order valence-electron chi connectivity index (χ4n) is 2.23. The lowest BCUT2D eigenvalue weighted by atomic mass is 10.1. The van der Waals surface area contributed by atoms with Crippen molar-refractivity contribution in [2.75, 3.05) is 7.11 Å². The van der Waals surface area contributed by atoms with Crippen LogP contribution >= 0.6 is 11.3 Å². The van der Waals surface area contributed by atoms with Crippen LogP contribution in [-0.2, 0) is 16.0 Å². The van der Waals surface area contributed by atoms with Gasteiger partial charge in [-0.1, -0.05) is 12.1 Å². The van der Waals surface area contributed by atoms with Crippen LogP contribution in [0.5, 0.6) is 0 Å². The standard InChI is InChI=1S/C14H15NO2S/c1-17-14(9-6-7-9)11(16)8-13-15-10-4-2-3-5-12(10)18-13/h2-5,9,14H,6-8H2,1H3. The van der Waals surface area contributed by atoms with Gasteiger partial charge in [0.1, 0.15) is 11.1 Å². The number of carbonyl (C=O) groups excluding carboxylic acids is 1. The second-order valence-electron chi connectivity index (χ2n) is 4.71. The van der Waals surface area contributed by atoms with E-state index in [4.69, 9.17) is 4.74 Å². The number of methoxy groups -OCH3 is 1. The van der Waals surface area contributed by atoms with Gasteiger partial charge < -0.3 is 4.74 Å². The summed E-state index contributed by atoms with van der Waals surface area (Å²) in [6, 6.07) is 7.98. The molecule has 4 heteroatoms. The Labute approximate surface area is 110 Å². The third-order valence-corrected chi connectivity index (χ3v) is 4.32. The molecule has 1 aromatic carbocycles. The van der Waals surface area contributed by atoms with E-state index in [1.807, 2.05) is 24.3 Å². The maximum Gasteiger partial charge on any atom is 0.168 e. The zero-order valence-electron chi connectivity index (χ0n) is 10.3. The molecule has 0 N–H and O–H groups in total. The van der Waals surface area contributed by atoms with Crippen molar-refractivity contribution in [2.45, 2.75) is 25.4 Å². The molecular formula is C14H15NO2S. The second-order valence-corrected chi connectivity index (χ2v) is 5.83. The summed E-state index contributed by atoms with van der Waals surface area (Å²) in [5.41, 5.74) is 0.977. The molecular weight excluding hydrogens is 246 g/mol. The average molecular weight is 261 g/mol. The molecule has 1 aliphatic carbocycles. The van der Waals surface area contributed by atoms with Crippen LogP contribution in [0.1, 0.15) is 17.8 Å². The number of hydrogen-bond acceptors (Lipinski definition) is 4. The van der Waals surface area contributed by atoms with Crippen molar-refractivity contribution in [1.82, 2.24) is 4.98 Å². The third kappa shape index (κ3) is 2.31. The van der Waals surface area contributed by atoms with Gasteiger partial charge in [-0.3, -0.25) is 4.79 Å². The number of ketones is 1. The lowest BCUT2D eigenvalue weighted by molar-refractivity contribution is -0.129. The van der Waals surface area contributed by atoms with Crippen molar-refractivity contribution in [1.29, 1.82) is 0 Å². The number of rotatable bonds is 5. The van der Waals surface area contributed by atoms with E-state index >= 15 is 0 Å². The van der Waals surface area contributed by atoms with E-state index in [1.54, 1.807) is 18.4 Å². The van der Waals surface area contributed by atoms with Crippen LogP contribution in [0, 0.1) is 5.92 Å². The number of para-hydroxylation sites is 1. The van der Waals surface area contributed by atoms with Crippen molar-refractivity contribution in [3.63, 3.8) is 0 Å². The van der Waals surface area contributed by atoms with Crippen LogP contribution in [0.3, 0.4) is 0 Å². The van der Waals surface area contributed by atoms with E-state index in [2.05, 4.69) is 4.98 Å². The molecule has 0 saturated heterocycles. The predicted molar refractivity (Wildman–Crippen MR) is 71.9 cm³/mol. The molecule has 1 aromatic heterocycles. The number of nitrogens with zero attached hydrogens (tertiary/aromatic N) is 1. The van der Waals surface area contributed by atoms with E-state index in [9.17, 15) is 4.79 Å². The van der Waals surface area contributed by atoms with Crippen molar-refractivity contribution in [3.8, 4) is 0 Å². The molecule has 0 aliphatic heterocycles. The number of ether oxygens (including phenoxy) is 1. The van der Waals surface area contributed by atoms with Gasteiger partial charge >= 0.3 is 0 Å². The van der Waals surface area contributed by atoms with Crippen LogP contribution in [-0.4, -0.2) is 24.0 Å². The zero-order valence-corrected chi connectivity index (χ0v) is 11.1. The van der Waals surface area contributed by atoms with Gasteiger partial charge in [0.05, 0.1) is 16.6 Å². The molecule has 1 saturated carbocycles. The number of aromatic nitrogens is 1. The van der Waals surface area contributed by atoms with Crippen molar-refractivity contribution < 1.29 is 9.53 Å². The molecule has 0 spiro atoms. The van der Waals surface area contributed by atoms with Gasteiger partial charge in [-0.25, -0.2) is 4.98 Å². The van der Waals surface area contributed by atoms with Gasteiger partial charge in [-0.15, -0.1) is 11.3 Å². The molecule has 0 bridgehead atoms. The highest BCUT2D eigenvalue weighted by molar-refractivity contribution is 7.18. The quantitative estimate of drug-likeness (QED) is 0.830. The Morgan fingerprint density at radius 3 is 2.94 bits per heavy atom. The maximum atomic E-state index is 12.1. The number of fused-ring (bicyclic) bond motifs is 1. The Morgan fingerprint density at radius 2 is 2.28 bits per heavy atom. The molecule has 0 amide bonds. The van der Waals surface area contributed by atoms with E-state index in [0.717, 1.165) is 28.1 Å². The number of hydrogen-bond donors (Lipinski definition) is 0. The monoisotopic (exact) mass is 261 g/mol. The van der Waals surface area contributed by atoms with Crippen molar-refractivity contribution in [3.05, 3.63) is 29.3 Å². The summed E-state index contributed by atoms with van der Waals surface area (Å²) in [6.45, 7) is 0. The fourth-order valence-corrected chi connectivity index (χ4v) is 3.21. The first-order chi connectivity index (χ1) is 8.78. The topological polar surface area (TPSA) is 39.2 Å². The van der Waals surface area contributed by atoms with Gasteiger partial charge in [0.25, 0.3) is 0 Å². The Balaban J connectivity index is 1.76. The van der Waals surface area contributed by atoms with E-state index < -0.39 is 0 Å². The Morgan fingerprint density at radius 1 is 1.50 bits per heavy atom. The third-order valence-electron chi connectivity index (χ3n) is 3.29. The smallest absolute Gasteiger partial charge is 0.168 e. The van der Waals surface area contributed by atoms with E-state index in [1.165, 1.54) is 0 Å². The molecule has 2 aromatic rings. The summed E-state index contributed by atoms with van der Waals surface area (Å²) < 4.78 is 6.45. The van der Waals surface area contributed by atoms with E-state index in [0.29, 0.717) is 12.3 Å². The highest BCUT2D eigenvalue weighted by Gasteiger charge is 2.36. The summed E-state index contributed by atoms with van der Waals surface area (Å²) in [5, 5.41) is 0.893. The van der Waals surface area contributed by atoms with Gasteiger partial charge in [-0.2, -0.15) is 0 Å². The molecule has 1 atom stereocenters. The largest absolute Gasteiger partial charge is 0.373 e. The highest BCUT2D eigenvalue weighted by Crippen LogP contribution is 2.35. The van der Waals surface area contributed by atoms with Crippen molar-refractivity contribution in [2.24, 2.45) is 5.92 Å². The normalized spacial score (nSPS) is 16.9. The minimum absolute atomic E-state index is 0.166. The molecule has 0 radical (unpaired) electrons. The maximum absolute atomic E-state index is 12.1. The first kappa shape index (κ1) is 11.8. The van der Waals surface area contributed by atoms with Gasteiger partial charge in [-0.05, 0) is 30.9 Å². The number of thiazole rings is 1.